The number of amides is 1. The maximum Gasteiger partial charge on any atom is 0.240 e. The summed E-state index contributed by atoms with van der Waals surface area (Å²) in [5.74, 6) is 0.217. The summed E-state index contributed by atoms with van der Waals surface area (Å²) in [7, 11) is 0. The van der Waals surface area contributed by atoms with Crippen molar-refractivity contribution in [3.8, 4) is 0 Å². The summed E-state index contributed by atoms with van der Waals surface area (Å²) in [5, 5.41) is 3.25. The number of halogens is 2. The molecular formula is C12H18Cl2N2OS. The predicted molar refractivity (Wildman–Crippen MR) is 78.7 cm³/mol. The topological polar surface area (TPSA) is 32.3 Å². The molecule has 1 saturated heterocycles. The summed E-state index contributed by atoms with van der Waals surface area (Å²) < 4.78 is 0.780. The molecule has 0 aliphatic carbocycles. The first-order valence-electron chi connectivity index (χ1n) is 5.97. The maximum absolute atomic E-state index is 12.2. The Morgan fingerprint density at radius 2 is 2.39 bits per heavy atom. The zero-order valence-corrected chi connectivity index (χ0v) is 12.7. The minimum Gasteiger partial charge on any atom is -0.336 e. The first kappa shape index (κ1) is 15.8. The third-order valence-electron chi connectivity index (χ3n) is 3.03. The highest BCUT2D eigenvalue weighted by atomic mass is 35.5. The highest BCUT2D eigenvalue weighted by molar-refractivity contribution is 7.16. The van der Waals surface area contributed by atoms with Crippen LogP contribution in [0.2, 0.25) is 4.34 Å². The third-order valence-corrected chi connectivity index (χ3v) is 4.24. The van der Waals surface area contributed by atoms with Crippen LogP contribution >= 0.6 is 35.3 Å². The lowest BCUT2D eigenvalue weighted by atomic mass is 10.2. The summed E-state index contributed by atoms with van der Waals surface area (Å²) in [5.41, 5.74) is 0. The molecule has 1 amide bonds. The molecular weight excluding hydrogens is 291 g/mol. The zero-order chi connectivity index (χ0) is 12.3. The summed E-state index contributed by atoms with van der Waals surface area (Å²) in [4.78, 5) is 15.3. The second-order valence-electron chi connectivity index (χ2n) is 4.21. The Morgan fingerprint density at radius 1 is 1.61 bits per heavy atom. The molecule has 0 radical (unpaired) electrons. The van der Waals surface area contributed by atoms with Crippen LogP contribution in [0.15, 0.2) is 12.1 Å². The number of hydrogen-bond acceptors (Lipinski definition) is 3. The van der Waals surface area contributed by atoms with Crippen molar-refractivity contribution in [3.63, 3.8) is 0 Å². The molecule has 1 aliphatic rings. The molecule has 102 valence electrons. The average Bonchev–Trinajstić information content (AvgIpc) is 2.96. The van der Waals surface area contributed by atoms with Crippen LogP contribution in [0.4, 0.5) is 0 Å². The van der Waals surface area contributed by atoms with Gasteiger partial charge < -0.3 is 10.2 Å². The van der Waals surface area contributed by atoms with Gasteiger partial charge in [-0.3, -0.25) is 4.79 Å². The minimum absolute atomic E-state index is 0. The highest BCUT2D eigenvalue weighted by Gasteiger charge is 2.26. The van der Waals surface area contributed by atoms with Crippen LogP contribution in [0.25, 0.3) is 0 Å². The fourth-order valence-corrected chi connectivity index (χ4v) is 3.19. The second-order valence-corrected chi connectivity index (χ2v) is 6.01. The normalized spacial score (nSPS) is 18.4. The Hall–Kier alpha value is -0.290. The number of thiophene rings is 1. The van der Waals surface area contributed by atoms with Gasteiger partial charge in [0.25, 0.3) is 0 Å². The van der Waals surface area contributed by atoms with Crippen molar-refractivity contribution in [1.29, 1.82) is 0 Å². The van der Waals surface area contributed by atoms with E-state index in [2.05, 4.69) is 5.32 Å². The standard InChI is InChI=1S/C12H17ClN2OS.ClH/c1-2-15(8-9-5-6-11(13)17-9)12(16)10-4-3-7-14-10;/h5-6,10,14H,2-4,7-8H2,1H3;1H. The van der Waals surface area contributed by atoms with Crippen molar-refractivity contribution >= 4 is 41.3 Å². The van der Waals surface area contributed by atoms with Gasteiger partial charge in [0.15, 0.2) is 0 Å². The fourth-order valence-electron chi connectivity index (χ4n) is 2.09. The second kappa shape index (κ2) is 7.34. The van der Waals surface area contributed by atoms with E-state index in [1.165, 1.54) is 0 Å². The van der Waals surface area contributed by atoms with Gasteiger partial charge in [-0.05, 0) is 38.4 Å². The van der Waals surface area contributed by atoms with E-state index in [1.54, 1.807) is 11.3 Å². The molecule has 6 heteroatoms. The molecule has 0 bridgehead atoms. The minimum atomic E-state index is 0. The molecule has 0 saturated carbocycles. The van der Waals surface area contributed by atoms with Gasteiger partial charge in [-0.2, -0.15) is 0 Å². The van der Waals surface area contributed by atoms with Crippen molar-refractivity contribution < 1.29 is 4.79 Å². The molecule has 1 aliphatic heterocycles. The van der Waals surface area contributed by atoms with E-state index >= 15 is 0 Å². The molecule has 1 aromatic heterocycles. The smallest absolute Gasteiger partial charge is 0.240 e. The number of nitrogens with zero attached hydrogens (tertiary/aromatic N) is 1. The Bertz CT molecular complexity index is 391. The molecule has 1 aromatic rings. The van der Waals surface area contributed by atoms with Crippen LogP contribution < -0.4 is 5.32 Å². The quantitative estimate of drug-likeness (QED) is 0.927. The summed E-state index contributed by atoms with van der Waals surface area (Å²) >= 11 is 7.44. The van der Waals surface area contributed by atoms with Crippen LogP contribution in [-0.4, -0.2) is 29.9 Å². The van der Waals surface area contributed by atoms with Crippen LogP contribution in [0.3, 0.4) is 0 Å². The van der Waals surface area contributed by atoms with E-state index < -0.39 is 0 Å². The molecule has 0 aromatic carbocycles. The molecule has 2 heterocycles. The van der Waals surface area contributed by atoms with Crippen LogP contribution in [-0.2, 0) is 11.3 Å². The lowest BCUT2D eigenvalue weighted by molar-refractivity contribution is -0.133. The molecule has 1 N–H and O–H groups in total. The van der Waals surface area contributed by atoms with Crippen molar-refractivity contribution in [2.45, 2.75) is 32.4 Å². The first-order valence-corrected chi connectivity index (χ1v) is 7.16. The Kier molecular flexibility index (Phi) is 6.43. The van der Waals surface area contributed by atoms with E-state index in [0.717, 1.165) is 35.1 Å². The fraction of sp³-hybridized carbons (Fsp3) is 0.583. The third kappa shape index (κ3) is 3.85. The molecule has 18 heavy (non-hydrogen) atoms. The Balaban J connectivity index is 0.00000162. The van der Waals surface area contributed by atoms with Gasteiger partial charge in [-0.15, -0.1) is 23.7 Å². The van der Waals surface area contributed by atoms with Crippen molar-refractivity contribution in [1.82, 2.24) is 10.2 Å². The van der Waals surface area contributed by atoms with Gasteiger partial charge in [-0.25, -0.2) is 0 Å². The van der Waals surface area contributed by atoms with E-state index in [4.69, 9.17) is 11.6 Å². The number of nitrogens with one attached hydrogen (secondary N) is 1. The van der Waals surface area contributed by atoms with Crippen molar-refractivity contribution in [2.24, 2.45) is 0 Å². The number of likely N-dealkylation sites (N-methyl/N-ethyl adjacent to an activating group) is 1. The lowest BCUT2D eigenvalue weighted by Crippen LogP contribution is -2.43. The molecule has 1 atom stereocenters. The average molecular weight is 309 g/mol. The monoisotopic (exact) mass is 308 g/mol. The van der Waals surface area contributed by atoms with Crippen molar-refractivity contribution in [3.05, 3.63) is 21.3 Å². The molecule has 1 unspecified atom stereocenters. The van der Waals surface area contributed by atoms with Gasteiger partial charge in [0.2, 0.25) is 5.91 Å². The Labute approximate surface area is 123 Å². The zero-order valence-electron chi connectivity index (χ0n) is 10.3. The molecule has 0 spiro atoms. The number of carbonyl (C=O) groups is 1. The van der Waals surface area contributed by atoms with Gasteiger partial charge >= 0.3 is 0 Å². The van der Waals surface area contributed by atoms with Gasteiger partial charge in [0, 0.05) is 11.4 Å². The maximum atomic E-state index is 12.2. The van der Waals surface area contributed by atoms with E-state index in [0.29, 0.717) is 6.54 Å². The SMILES string of the molecule is CCN(Cc1ccc(Cl)s1)C(=O)C1CCCN1.Cl. The van der Waals surface area contributed by atoms with Crippen molar-refractivity contribution in [2.75, 3.05) is 13.1 Å². The van der Waals surface area contributed by atoms with E-state index in [9.17, 15) is 4.79 Å². The highest BCUT2D eigenvalue weighted by Crippen LogP contribution is 2.23. The largest absolute Gasteiger partial charge is 0.336 e. The Morgan fingerprint density at radius 3 is 2.89 bits per heavy atom. The number of rotatable bonds is 4. The van der Waals surface area contributed by atoms with Gasteiger partial charge in [0.05, 0.1) is 16.9 Å². The summed E-state index contributed by atoms with van der Waals surface area (Å²) in [6.45, 7) is 4.39. The van der Waals surface area contributed by atoms with Gasteiger partial charge in [0.1, 0.15) is 0 Å². The molecule has 1 fully saturated rings. The van der Waals surface area contributed by atoms with Crippen LogP contribution in [0, 0.1) is 0 Å². The van der Waals surface area contributed by atoms with E-state index in [1.807, 2.05) is 24.0 Å². The van der Waals surface area contributed by atoms with E-state index in [-0.39, 0.29) is 24.4 Å². The first-order chi connectivity index (χ1) is 8.20. The lowest BCUT2D eigenvalue weighted by Gasteiger charge is -2.23. The predicted octanol–water partition coefficient (Wildman–Crippen LogP) is 2.92. The summed E-state index contributed by atoms with van der Waals surface area (Å²) in [6.07, 6.45) is 2.05. The number of carbonyl (C=O) groups excluding carboxylic acids is 1. The van der Waals surface area contributed by atoms with Gasteiger partial charge in [-0.1, -0.05) is 11.6 Å². The molecule has 2 rings (SSSR count). The number of hydrogen-bond donors (Lipinski definition) is 1. The summed E-state index contributed by atoms with van der Waals surface area (Å²) in [6, 6.07) is 3.89. The molecule has 3 nitrogen and oxygen atoms in total. The van der Waals surface area contributed by atoms with Crippen LogP contribution in [0.5, 0.6) is 0 Å². The van der Waals surface area contributed by atoms with Crippen LogP contribution in [0.1, 0.15) is 24.6 Å².